The van der Waals surface area contributed by atoms with Crippen LogP contribution in [0.2, 0.25) is 0 Å². The number of carbonyl (C=O) groups is 1. The van der Waals surface area contributed by atoms with E-state index in [2.05, 4.69) is 5.32 Å². The minimum Gasteiger partial charge on any atom is -0.488 e. The van der Waals surface area contributed by atoms with Crippen LogP contribution in [0.25, 0.3) is 0 Å². The summed E-state index contributed by atoms with van der Waals surface area (Å²) in [7, 11) is 0. The number of hydrogen-bond donors (Lipinski definition) is 2. The molecule has 0 aliphatic carbocycles. The van der Waals surface area contributed by atoms with Crippen molar-refractivity contribution in [2.45, 2.75) is 71.9 Å². The van der Waals surface area contributed by atoms with E-state index in [1.54, 1.807) is 0 Å². The molecular formula is C19H33ClN2O2. The lowest BCUT2D eigenvalue weighted by molar-refractivity contribution is -0.121. The highest BCUT2D eigenvalue weighted by molar-refractivity contribution is 5.85. The van der Waals surface area contributed by atoms with E-state index in [1.165, 1.54) is 0 Å². The van der Waals surface area contributed by atoms with Crippen LogP contribution in [0.4, 0.5) is 0 Å². The normalized spacial score (nSPS) is 10.9. The van der Waals surface area contributed by atoms with E-state index in [4.69, 9.17) is 10.5 Å². The monoisotopic (exact) mass is 356 g/mol. The van der Waals surface area contributed by atoms with Crippen LogP contribution in [0.5, 0.6) is 5.75 Å². The molecule has 0 bridgehead atoms. The van der Waals surface area contributed by atoms with Crippen molar-refractivity contribution >= 4 is 18.3 Å². The quantitative estimate of drug-likeness (QED) is 0.654. The van der Waals surface area contributed by atoms with Crippen molar-refractivity contribution in [1.29, 1.82) is 0 Å². The molecule has 0 fully saturated rings. The zero-order chi connectivity index (χ0) is 17.3. The van der Waals surface area contributed by atoms with Crippen molar-refractivity contribution in [3.63, 3.8) is 0 Å². The van der Waals surface area contributed by atoms with Crippen LogP contribution in [-0.2, 0) is 11.3 Å². The van der Waals surface area contributed by atoms with Crippen LogP contribution in [0.1, 0.15) is 64.0 Å². The predicted octanol–water partition coefficient (Wildman–Crippen LogP) is 4.12. The molecule has 0 aliphatic heterocycles. The summed E-state index contributed by atoms with van der Waals surface area (Å²) in [6.07, 6.45) is 4.70. The topological polar surface area (TPSA) is 64.4 Å². The number of aryl methyl sites for hydroxylation is 1. The fourth-order valence-corrected chi connectivity index (χ4v) is 2.30. The van der Waals surface area contributed by atoms with E-state index in [9.17, 15) is 4.79 Å². The van der Waals surface area contributed by atoms with Gasteiger partial charge in [-0.3, -0.25) is 4.79 Å². The molecule has 5 heteroatoms. The maximum Gasteiger partial charge on any atom is 0.220 e. The molecule has 0 unspecified atom stereocenters. The van der Waals surface area contributed by atoms with Gasteiger partial charge in [-0.05, 0) is 58.7 Å². The largest absolute Gasteiger partial charge is 0.488 e. The van der Waals surface area contributed by atoms with Crippen molar-refractivity contribution in [2.75, 3.05) is 6.54 Å². The van der Waals surface area contributed by atoms with E-state index in [-0.39, 0.29) is 23.9 Å². The first-order valence-electron chi connectivity index (χ1n) is 8.57. The third-order valence-corrected chi connectivity index (χ3v) is 3.47. The lowest BCUT2D eigenvalue weighted by atomic mass is 10.1. The molecular weight excluding hydrogens is 324 g/mol. The Morgan fingerprint density at radius 2 is 1.83 bits per heavy atom. The highest BCUT2D eigenvalue weighted by Gasteiger charge is 2.15. The summed E-state index contributed by atoms with van der Waals surface area (Å²) in [6, 6.07) is 6.10. The van der Waals surface area contributed by atoms with Gasteiger partial charge in [-0.25, -0.2) is 0 Å². The number of unbranched alkanes of at least 4 members (excludes halogenated alkanes) is 3. The number of nitrogens with two attached hydrogens (primary N) is 1. The molecule has 0 heterocycles. The Hall–Kier alpha value is -1.26. The minimum atomic E-state index is -0.254. The van der Waals surface area contributed by atoms with E-state index < -0.39 is 0 Å². The average molecular weight is 357 g/mol. The van der Waals surface area contributed by atoms with E-state index in [0.717, 1.165) is 49.1 Å². The molecule has 0 aliphatic rings. The van der Waals surface area contributed by atoms with Gasteiger partial charge < -0.3 is 15.8 Å². The molecule has 1 aromatic carbocycles. The second kappa shape index (κ2) is 11.3. The molecule has 24 heavy (non-hydrogen) atoms. The zero-order valence-electron chi connectivity index (χ0n) is 15.5. The number of halogens is 1. The molecule has 1 rings (SSSR count). The van der Waals surface area contributed by atoms with Crippen LogP contribution in [0.15, 0.2) is 18.2 Å². The highest BCUT2D eigenvalue weighted by Crippen LogP contribution is 2.24. The van der Waals surface area contributed by atoms with Gasteiger partial charge in [0.1, 0.15) is 11.4 Å². The second-order valence-corrected chi connectivity index (χ2v) is 7.06. The van der Waals surface area contributed by atoms with Crippen LogP contribution >= 0.6 is 12.4 Å². The first kappa shape index (κ1) is 22.7. The number of benzene rings is 1. The molecule has 1 aromatic rings. The summed E-state index contributed by atoms with van der Waals surface area (Å²) >= 11 is 0. The molecule has 0 radical (unpaired) electrons. The van der Waals surface area contributed by atoms with Gasteiger partial charge in [-0.1, -0.05) is 25.0 Å². The highest BCUT2D eigenvalue weighted by atomic mass is 35.5. The summed E-state index contributed by atoms with van der Waals surface area (Å²) in [5.74, 6) is 0.945. The van der Waals surface area contributed by atoms with Crippen LogP contribution < -0.4 is 15.8 Å². The molecule has 0 atom stereocenters. The van der Waals surface area contributed by atoms with Crippen molar-refractivity contribution in [1.82, 2.24) is 5.32 Å². The Balaban J connectivity index is 0.00000529. The van der Waals surface area contributed by atoms with Crippen LogP contribution in [-0.4, -0.2) is 18.1 Å². The predicted molar refractivity (Wildman–Crippen MR) is 103 cm³/mol. The van der Waals surface area contributed by atoms with Crippen molar-refractivity contribution in [2.24, 2.45) is 5.73 Å². The maximum atomic E-state index is 11.9. The Kier molecular flexibility index (Phi) is 10.7. The molecule has 0 saturated carbocycles. The van der Waals surface area contributed by atoms with Crippen LogP contribution in [0.3, 0.4) is 0 Å². The Morgan fingerprint density at radius 1 is 1.17 bits per heavy atom. The van der Waals surface area contributed by atoms with Crippen molar-refractivity contribution in [3.8, 4) is 5.75 Å². The number of amides is 1. The number of ether oxygens (including phenoxy) is 1. The van der Waals surface area contributed by atoms with Gasteiger partial charge in [0, 0.05) is 18.5 Å². The van der Waals surface area contributed by atoms with E-state index in [0.29, 0.717) is 13.0 Å². The van der Waals surface area contributed by atoms with Gasteiger partial charge in [-0.15, -0.1) is 12.4 Å². The smallest absolute Gasteiger partial charge is 0.220 e. The lowest BCUT2D eigenvalue weighted by Gasteiger charge is -2.23. The standard InChI is InChI=1S/C19H32N2O2.ClH/c1-15-10-11-16(17(13-15)23-19(2,3)4)14-21-18(22)9-7-5-6-8-12-20;/h10-11,13H,5-9,12,14,20H2,1-4H3,(H,21,22);1H. The van der Waals surface area contributed by atoms with Gasteiger partial charge in [0.2, 0.25) is 5.91 Å². The molecule has 0 saturated heterocycles. The van der Waals surface area contributed by atoms with Crippen molar-refractivity contribution < 1.29 is 9.53 Å². The molecule has 4 nitrogen and oxygen atoms in total. The number of nitrogens with one attached hydrogen (secondary N) is 1. The molecule has 0 spiro atoms. The number of rotatable bonds is 9. The molecule has 138 valence electrons. The maximum absolute atomic E-state index is 11.9. The Bertz CT molecular complexity index is 499. The van der Waals surface area contributed by atoms with Gasteiger partial charge in [0.15, 0.2) is 0 Å². The summed E-state index contributed by atoms with van der Waals surface area (Å²) in [5.41, 5.74) is 7.37. The SMILES string of the molecule is Cc1ccc(CNC(=O)CCCCCCN)c(OC(C)(C)C)c1.Cl. The first-order valence-corrected chi connectivity index (χ1v) is 8.57. The van der Waals surface area contributed by atoms with E-state index in [1.807, 2.05) is 45.9 Å². The van der Waals surface area contributed by atoms with Gasteiger partial charge in [0.05, 0.1) is 0 Å². The lowest BCUT2D eigenvalue weighted by Crippen LogP contribution is -2.26. The number of hydrogen-bond acceptors (Lipinski definition) is 3. The Morgan fingerprint density at radius 3 is 2.46 bits per heavy atom. The fourth-order valence-electron chi connectivity index (χ4n) is 2.30. The first-order chi connectivity index (χ1) is 10.8. The second-order valence-electron chi connectivity index (χ2n) is 7.06. The minimum absolute atomic E-state index is 0. The summed E-state index contributed by atoms with van der Waals surface area (Å²) in [5, 5.41) is 2.99. The molecule has 1 amide bonds. The number of carbonyl (C=O) groups excluding carboxylic acids is 1. The molecule has 0 aromatic heterocycles. The Labute approximate surface area is 152 Å². The van der Waals surface area contributed by atoms with Gasteiger partial charge >= 0.3 is 0 Å². The fraction of sp³-hybridized carbons (Fsp3) is 0.632. The third-order valence-electron chi connectivity index (χ3n) is 3.47. The van der Waals surface area contributed by atoms with Gasteiger partial charge in [-0.2, -0.15) is 0 Å². The molecule has 3 N–H and O–H groups in total. The summed E-state index contributed by atoms with van der Waals surface area (Å²) in [6.45, 7) is 9.36. The van der Waals surface area contributed by atoms with Crippen molar-refractivity contribution in [3.05, 3.63) is 29.3 Å². The van der Waals surface area contributed by atoms with E-state index >= 15 is 0 Å². The zero-order valence-corrected chi connectivity index (χ0v) is 16.3. The summed E-state index contributed by atoms with van der Waals surface area (Å²) in [4.78, 5) is 11.9. The third kappa shape index (κ3) is 9.78. The average Bonchev–Trinajstić information content (AvgIpc) is 2.44. The van der Waals surface area contributed by atoms with Gasteiger partial charge in [0.25, 0.3) is 0 Å². The van der Waals surface area contributed by atoms with Crippen LogP contribution in [0, 0.1) is 6.92 Å². The summed E-state index contributed by atoms with van der Waals surface area (Å²) < 4.78 is 6.01.